The molecule has 0 aliphatic rings. The Morgan fingerprint density at radius 2 is 2.10 bits per heavy atom. The van der Waals surface area contributed by atoms with Crippen LogP contribution in [0.3, 0.4) is 0 Å². The Morgan fingerprint density at radius 3 is 2.83 bits per heavy atom. The first kappa shape index (κ1) is 20.7. The third-order valence-corrected chi connectivity index (χ3v) is 6.37. The first-order valence-electron chi connectivity index (χ1n) is 8.42. The lowest BCUT2D eigenvalue weighted by Gasteiger charge is -2.16. The molecule has 1 N–H and O–H groups in total. The zero-order valence-electron chi connectivity index (χ0n) is 15.7. The van der Waals surface area contributed by atoms with E-state index in [0.717, 1.165) is 15.0 Å². The molecular formula is C19H18BrN5O3S. The number of aryl methyl sites for hydroxylation is 1. The number of halogens is 1. The summed E-state index contributed by atoms with van der Waals surface area (Å²) in [5.74, 6) is -0.428. The van der Waals surface area contributed by atoms with E-state index in [-0.39, 0.29) is 4.90 Å². The van der Waals surface area contributed by atoms with Gasteiger partial charge in [0.05, 0.1) is 23.0 Å². The van der Waals surface area contributed by atoms with E-state index in [1.54, 1.807) is 29.7 Å². The number of sulfonamides is 1. The van der Waals surface area contributed by atoms with Gasteiger partial charge < -0.3 is 5.32 Å². The zero-order chi connectivity index (χ0) is 21.2. The number of nitrogens with one attached hydrogen (secondary N) is 1. The second-order valence-corrected chi connectivity index (χ2v) is 8.95. The maximum atomic E-state index is 13.0. The van der Waals surface area contributed by atoms with Gasteiger partial charge in [0.2, 0.25) is 5.91 Å². The van der Waals surface area contributed by atoms with Crippen LogP contribution in [0.4, 0.5) is 5.69 Å². The lowest BCUT2D eigenvalue weighted by atomic mass is 10.2. The molecule has 3 aromatic rings. The van der Waals surface area contributed by atoms with Gasteiger partial charge in [0.1, 0.15) is 5.65 Å². The van der Waals surface area contributed by atoms with E-state index in [1.807, 2.05) is 18.3 Å². The van der Waals surface area contributed by atoms with Crippen molar-refractivity contribution in [3.05, 3.63) is 71.1 Å². The summed E-state index contributed by atoms with van der Waals surface area (Å²) in [6, 6.07) is 8.32. The van der Waals surface area contributed by atoms with Gasteiger partial charge in [-0.3, -0.25) is 9.20 Å². The van der Waals surface area contributed by atoms with E-state index in [9.17, 15) is 13.2 Å². The van der Waals surface area contributed by atoms with Crippen LogP contribution in [0.5, 0.6) is 0 Å². The minimum absolute atomic E-state index is 0.0416. The smallest absolute Gasteiger partial charge is 0.279 e. The van der Waals surface area contributed by atoms with Gasteiger partial charge in [-0.25, -0.2) is 4.98 Å². The number of carbonyl (C=O) groups is 1. The summed E-state index contributed by atoms with van der Waals surface area (Å²) < 4.78 is 29.5. The average molecular weight is 476 g/mol. The zero-order valence-corrected chi connectivity index (χ0v) is 18.1. The molecule has 2 aromatic heterocycles. The van der Waals surface area contributed by atoms with E-state index in [0.29, 0.717) is 22.6 Å². The van der Waals surface area contributed by atoms with Crippen molar-refractivity contribution in [3.63, 3.8) is 0 Å². The van der Waals surface area contributed by atoms with Crippen molar-refractivity contribution >= 4 is 49.4 Å². The number of pyridine rings is 1. The average Bonchev–Trinajstić information content (AvgIpc) is 3.09. The maximum absolute atomic E-state index is 13.0. The van der Waals surface area contributed by atoms with E-state index in [2.05, 4.69) is 37.9 Å². The molecule has 10 heteroatoms. The number of benzene rings is 1. The molecule has 0 aliphatic heterocycles. The number of anilines is 1. The lowest BCUT2D eigenvalue weighted by molar-refractivity contribution is -0.111. The van der Waals surface area contributed by atoms with Crippen LogP contribution in [-0.4, -0.2) is 41.4 Å². The van der Waals surface area contributed by atoms with Crippen LogP contribution in [0, 0.1) is 6.92 Å². The summed E-state index contributed by atoms with van der Waals surface area (Å²) in [5, 5.41) is 6.64. The predicted octanol–water partition coefficient (Wildman–Crippen LogP) is 3.18. The number of imidazole rings is 1. The molecule has 1 aromatic carbocycles. The molecule has 0 spiro atoms. The van der Waals surface area contributed by atoms with E-state index >= 15 is 0 Å². The van der Waals surface area contributed by atoms with E-state index < -0.39 is 15.9 Å². The number of hydrogen-bond donors (Lipinski definition) is 1. The highest BCUT2D eigenvalue weighted by atomic mass is 79.9. The van der Waals surface area contributed by atoms with Crippen molar-refractivity contribution in [2.75, 3.05) is 12.4 Å². The van der Waals surface area contributed by atoms with Crippen LogP contribution >= 0.6 is 15.9 Å². The quantitative estimate of drug-likeness (QED) is 0.336. The van der Waals surface area contributed by atoms with Crippen molar-refractivity contribution in [2.45, 2.75) is 11.8 Å². The summed E-state index contributed by atoms with van der Waals surface area (Å²) in [7, 11) is -2.58. The Balaban J connectivity index is 1.91. The molecule has 3 rings (SSSR count). The number of hydrazone groups is 1. The first-order chi connectivity index (χ1) is 13.7. The standard InChI is InChI=1S/C19H18BrN5O3S/c1-4-19(26)23-15-7-5-13(2)17(9-15)29(27,28)24(3)22-11-16-10-21-18-8-6-14(20)12-25(16)18/h4-12H,1H2,2-3H3,(H,23,26). The number of nitrogens with zero attached hydrogens (tertiary/aromatic N) is 4. The maximum Gasteiger partial charge on any atom is 0.279 e. The normalized spacial score (nSPS) is 11.7. The van der Waals surface area contributed by atoms with E-state index in [4.69, 9.17) is 0 Å². The number of fused-ring (bicyclic) bond motifs is 1. The van der Waals surface area contributed by atoms with Crippen LogP contribution in [-0.2, 0) is 14.8 Å². The van der Waals surface area contributed by atoms with Gasteiger partial charge >= 0.3 is 0 Å². The van der Waals surface area contributed by atoms with Gasteiger partial charge in [0.25, 0.3) is 10.0 Å². The molecule has 0 unspecified atom stereocenters. The van der Waals surface area contributed by atoms with Crippen molar-refractivity contribution < 1.29 is 13.2 Å². The predicted molar refractivity (Wildman–Crippen MR) is 115 cm³/mol. The highest BCUT2D eigenvalue weighted by Crippen LogP contribution is 2.23. The minimum Gasteiger partial charge on any atom is -0.322 e. The highest BCUT2D eigenvalue weighted by molar-refractivity contribution is 9.10. The largest absolute Gasteiger partial charge is 0.322 e. The number of rotatable bonds is 6. The molecule has 150 valence electrons. The second kappa shape index (κ2) is 8.18. The van der Waals surface area contributed by atoms with Gasteiger partial charge in [-0.1, -0.05) is 12.6 Å². The molecule has 1 amide bonds. The summed E-state index contributed by atoms with van der Waals surface area (Å²) in [4.78, 5) is 15.8. The van der Waals surface area contributed by atoms with E-state index in [1.165, 1.54) is 19.3 Å². The SMILES string of the molecule is C=CC(=O)Nc1ccc(C)c(S(=O)(=O)N(C)N=Cc2cnc3ccc(Br)cn23)c1. The number of hydrogen-bond acceptors (Lipinski definition) is 5. The van der Waals surface area contributed by atoms with Crippen LogP contribution in [0.15, 0.2) is 69.9 Å². The highest BCUT2D eigenvalue weighted by Gasteiger charge is 2.22. The molecule has 0 aliphatic carbocycles. The molecule has 0 fully saturated rings. The fraction of sp³-hybridized carbons (Fsp3) is 0.105. The molecule has 29 heavy (non-hydrogen) atoms. The van der Waals surface area contributed by atoms with Crippen LogP contribution in [0.1, 0.15) is 11.3 Å². The Kier molecular flexibility index (Phi) is 5.85. The number of carbonyl (C=O) groups excluding carboxylic acids is 1. The Bertz CT molecular complexity index is 1230. The summed E-state index contributed by atoms with van der Waals surface area (Å²) >= 11 is 3.39. The molecule has 0 saturated carbocycles. The molecule has 0 atom stereocenters. The third kappa shape index (κ3) is 4.38. The monoisotopic (exact) mass is 475 g/mol. The minimum atomic E-state index is -3.93. The molecule has 0 bridgehead atoms. The number of amides is 1. The van der Waals surface area contributed by atoms with Gasteiger partial charge in [-0.2, -0.15) is 17.9 Å². The lowest BCUT2D eigenvalue weighted by Crippen LogP contribution is -2.23. The third-order valence-electron chi connectivity index (χ3n) is 4.12. The molecule has 2 heterocycles. The van der Waals surface area contributed by atoms with Crippen molar-refractivity contribution in [2.24, 2.45) is 5.10 Å². The fourth-order valence-electron chi connectivity index (χ4n) is 2.56. The van der Waals surface area contributed by atoms with Crippen molar-refractivity contribution in [1.82, 2.24) is 13.8 Å². The molecule has 8 nitrogen and oxygen atoms in total. The Morgan fingerprint density at radius 1 is 1.34 bits per heavy atom. The molecular weight excluding hydrogens is 458 g/mol. The van der Waals surface area contributed by atoms with Crippen LogP contribution < -0.4 is 5.32 Å². The Labute approximate surface area is 176 Å². The summed E-state index contributed by atoms with van der Waals surface area (Å²) in [6.45, 7) is 5.05. The van der Waals surface area contributed by atoms with Gasteiger partial charge in [0.15, 0.2) is 0 Å². The molecule has 0 radical (unpaired) electrons. The van der Waals surface area contributed by atoms with Crippen LogP contribution in [0.25, 0.3) is 5.65 Å². The van der Waals surface area contributed by atoms with Crippen LogP contribution in [0.2, 0.25) is 0 Å². The topological polar surface area (TPSA) is 96.1 Å². The summed E-state index contributed by atoms with van der Waals surface area (Å²) in [5.41, 5.74) is 2.21. The fourth-order valence-corrected chi connectivity index (χ4v) is 4.11. The van der Waals surface area contributed by atoms with Gasteiger partial charge in [0, 0.05) is 23.4 Å². The summed E-state index contributed by atoms with van der Waals surface area (Å²) in [6.07, 6.45) is 5.94. The number of aromatic nitrogens is 2. The Hall–Kier alpha value is -2.98. The second-order valence-electron chi connectivity index (χ2n) is 6.12. The van der Waals surface area contributed by atoms with Gasteiger partial charge in [-0.15, -0.1) is 0 Å². The van der Waals surface area contributed by atoms with Gasteiger partial charge in [-0.05, 0) is 58.8 Å². The molecule has 0 saturated heterocycles. The van der Waals surface area contributed by atoms with Crippen molar-refractivity contribution in [1.29, 1.82) is 0 Å². The van der Waals surface area contributed by atoms with Crippen molar-refractivity contribution in [3.8, 4) is 0 Å². The first-order valence-corrected chi connectivity index (χ1v) is 10.7.